The first-order valence-electron chi connectivity index (χ1n) is 5.36. The number of anilines is 2. The molecule has 0 radical (unpaired) electrons. The van der Waals surface area contributed by atoms with Crippen molar-refractivity contribution in [3.63, 3.8) is 0 Å². The Morgan fingerprint density at radius 1 is 1.22 bits per heavy atom. The van der Waals surface area contributed by atoms with Crippen molar-refractivity contribution in [2.24, 2.45) is 0 Å². The van der Waals surface area contributed by atoms with Crippen LogP contribution in [0.15, 0.2) is 30.3 Å². The summed E-state index contributed by atoms with van der Waals surface area (Å²) in [7, 11) is 0. The number of nitrogens with one attached hydrogen (secondary N) is 1. The van der Waals surface area contributed by atoms with Gasteiger partial charge < -0.3 is 11.1 Å². The second-order valence-corrected chi connectivity index (χ2v) is 4.68. The summed E-state index contributed by atoms with van der Waals surface area (Å²) in [6, 6.07) is 9.27. The molecule has 0 bridgehead atoms. The molecule has 3 N–H and O–H groups in total. The quantitative estimate of drug-likeness (QED) is 0.846. The average molecular weight is 283 g/mol. The molecule has 94 valence electrons. The van der Waals surface area contributed by atoms with Gasteiger partial charge in [-0.3, -0.25) is 0 Å². The Kier molecular flexibility index (Phi) is 3.89. The van der Waals surface area contributed by atoms with E-state index in [1.807, 2.05) is 31.2 Å². The summed E-state index contributed by atoms with van der Waals surface area (Å²) in [5.41, 5.74) is 6.58. The van der Waals surface area contributed by atoms with Crippen LogP contribution in [0.4, 0.5) is 11.8 Å². The first kappa shape index (κ1) is 12.9. The molecular weight excluding hydrogens is 271 g/mol. The van der Waals surface area contributed by atoms with E-state index >= 15 is 0 Å². The summed E-state index contributed by atoms with van der Waals surface area (Å²) in [5, 5.41) is 4.20. The normalized spacial score (nSPS) is 12.2. The molecule has 0 fully saturated rings. The molecule has 1 unspecified atom stereocenters. The van der Waals surface area contributed by atoms with Crippen LogP contribution >= 0.6 is 23.2 Å². The lowest BCUT2D eigenvalue weighted by Crippen LogP contribution is -2.09. The predicted molar refractivity (Wildman–Crippen MR) is 74.9 cm³/mol. The minimum atomic E-state index is 0.0362. The van der Waals surface area contributed by atoms with Crippen LogP contribution in [-0.4, -0.2) is 9.97 Å². The van der Waals surface area contributed by atoms with Crippen LogP contribution in [0.25, 0.3) is 0 Å². The topological polar surface area (TPSA) is 63.8 Å². The Hall–Kier alpha value is -1.52. The zero-order valence-electron chi connectivity index (χ0n) is 9.69. The van der Waals surface area contributed by atoms with Crippen LogP contribution in [0.3, 0.4) is 0 Å². The highest BCUT2D eigenvalue weighted by Crippen LogP contribution is 2.22. The molecule has 0 aliphatic rings. The zero-order chi connectivity index (χ0) is 13.1. The number of aromatic nitrogens is 2. The minimum absolute atomic E-state index is 0.0362. The Bertz CT molecular complexity index is 539. The van der Waals surface area contributed by atoms with Crippen molar-refractivity contribution >= 4 is 35.0 Å². The van der Waals surface area contributed by atoms with Crippen molar-refractivity contribution in [1.29, 1.82) is 0 Å². The van der Waals surface area contributed by atoms with Crippen molar-refractivity contribution in [2.45, 2.75) is 13.0 Å². The van der Waals surface area contributed by atoms with Crippen molar-refractivity contribution in [2.75, 3.05) is 11.1 Å². The molecule has 6 heteroatoms. The molecule has 1 aromatic heterocycles. The van der Waals surface area contributed by atoms with Gasteiger partial charge >= 0.3 is 0 Å². The predicted octanol–water partition coefficient (Wildman–Crippen LogP) is 3.54. The summed E-state index contributed by atoms with van der Waals surface area (Å²) < 4.78 is 0. The first-order valence-corrected chi connectivity index (χ1v) is 6.12. The number of benzene rings is 1. The van der Waals surface area contributed by atoms with Crippen LogP contribution in [0, 0.1) is 0 Å². The monoisotopic (exact) mass is 282 g/mol. The molecule has 0 saturated heterocycles. The molecule has 0 aliphatic heterocycles. The largest absolute Gasteiger partial charge is 0.368 e. The third kappa shape index (κ3) is 3.24. The molecule has 2 rings (SSSR count). The number of halogens is 2. The van der Waals surface area contributed by atoms with Gasteiger partial charge in [0.05, 0.1) is 0 Å². The lowest BCUT2D eigenvalue weighted by Gasteiger charge is -2.15. The lowest BCUT2D eigenvalue weighted by molar-refractivity contribution is 0.873. The highest BCUT2D eigenvalue weighted by molar-refractivity contribution is 6.30. The van der Waals surface area contributed by atoms with E-state index in [0.717, 1.165) is 5.56 Å². The SMILES string of the molecule is CC(Nc1cc(Cl)nc(N)n1)c1cccc(Cl)c1. The third-order valence-electron chi connectivity index (χ3n) is 2.43. The van der Waals surface area contributed by atoms with Crippen molar-refractivity contribution in [3.05, 3.63) is 46.1 Å². The minimum Gasteiger partial charge on any atom is -0.368 e. The Morgan fingerprint density at radius 3 is 2.67 bits per heavy atom. The van der Waals surface area contributed by atoms with Gasteiger partial charge in [-0.15, -0.1) is 0 Å². The number of nitrogens with zero attached hydrogens (tertiary/aromatic N) is 2. The van der Waals surface area contributed by atoms with Gasteiger partial charge in [0.1, 0.15) is 11.0 Å². The van der Waals surface area contributed by atoms with E-state index < -0.39 is 0 Å². The molecule has 0 amide bonds. The summed E-state index contributed by atoms with van der Waals surface area (Å²) in [5.74, 6) is 0.725. The highest BCUT2D eigenvalue weighted by Gasteiger charge is 2.08. The maximum absolute atomic E-state index is 5.95. The molecule has 18 heavy (non-hydrogen) atoms. The fourth-order valence-corrected chi connectivity index (χ4v) is 1.98. The molecule has 0 saturated carbocycles. The zero-order valence-corrected chi connectivity index (χ0v) is 11.2. The van der Waals surface area contributed by atoms with Gasteiger partial charge in [0.25, 0.3) is 0 Å². The van der Waals surface area contributed by atoms with Gasteiger partial charge in [-0.05, 0) is 24.6 Å². The molecular formula is C12H12Cl2N4. The van der Waals surface area contributed by atoms with E-state index in [0.29, 0.717) is 16.0 Å². The smallest absolute Gasteiger partial charge is 0.223 e. The second-order valence-electron chi connectivity index (χ2n) is 3.86. The third-order valence-corrected chi connectivity index (χ3v) is 2.85. The van der Waals surface area contributed by atoms with E-state index in [-0.39, 0.29) is 12.0 Å². The first-order chi connectivity index (χ1) is 8.54. The van der Waals surface area contributed by atoms with Crippen molar-refractivity contribution < 1.29 is 0 Å². The van der Waals surface area contributed by atoms with Crippen LogP contribution < -0.4 is 11.1 Å². The van der Waals surface area contributed by atoms with E-state index in [2.05, 4.69) is 15.3 Å². The van der Waals surface area contributed by atoms with Gasteiger partial charge in [0.2, 0.25) is 5.95 Å². The number of nitrogens with two attached hydrogens (primary N) is 1. The van der Waals surface area contributed by atoms with E-state index in [4.69, 9.17) is 28.9 Å². The number of hydrogen-bond donors (Lipinski definition) is 2. The molecule has 1 atom stereocenters. The summed E-state index contributed by atoms with van der Waals surface area (Å²) in [6.45, 7) is 2.00. The molecule has 0 aliphatic carbocycles. The van der Waals surface area contributed by atoms with Crippen molar-refractivity contribution in [1.82, 2.24) is 9.97 Å². The molecule has 0 spiro atoms. The van der Waals surface area contributed by atoms with Crippen LogP contribution in [-0.2, 0) is 0 Å². The Balaban J connectivity index is 2.18. The highest BCUT2D eigenvalue weighted by atomic mass is 35.5. The number of rotatable bonds is 3. The fraction of sp³-hybridized carbons (Fsp3) is 0.167. The Labute approximate surface area is 115 Å². The van der Waals surface area contributed by atoms with Crippen molar-refractivity contribution in [3.8, 4) is 0 Å². The summed E-state index contributed by atoms with van der Waals surface area (Å²) in [4.78, 5) is 7.86. The second kappa shape index (κ2) is 5.42. The molecule has 1 heterocycles. The molecule has 1 aromatic carbocycles. The Morgan fingerprint density at radius 2 is 2.00 bits per heavy atom. The van der Waals surface area contributed by atoms with Gasteiger partial charge in [-0.25, -0.2) is 4.98 Å². The fourth-order valence-electron chi connectivity index (χ4n) is 1.59. The lowest BCUT2D eigenvalue weighted by atomic mass is 10.1. The summed E-state index contributed by atoms with van der Waals surface area (Å²) in [6.07, 6.45) is 0. The molecule has 2 aromatic rings. The van der Waals surface area contributed by atoms with E-state index in [1.54, 1.807) is 6.07 Å². The van der Waals surface area contributed by atoms with Gasteiger partial charge in [-0.1, -0.05) is 35.3 Å². The van der Waals surface area contributed by atoms with Crippen LogP contribution in [0.2, 0.25) is 10.2 Å². The van der Waals surface area contributed by atoms with Gasteiger partial charge in [-0.2, -0.15) is 4.98 Å². The molecule has 4 nitrogen and oxygen atoms in total. The number of nitrogen functional groups attached to an aromatic ring is 1. The number of hydrogen-bond acceptors (Lipinski definition) is 4. The van der Waals surface area contributed by atoms with Gasteiger partial charge in [0.15, 0.2) is 0 Å². The van der Waals surface area contributed by atoms with Gasteiger partial charge in [0, 0.05) is 17.1 Å². The average Bonchev–Trinajstić information content (AvgIpc) is 2.27. The van der Waals surface area contributed by atoms with E-state index in [9.17, 15) is 0 Å². The maximum Gasteiger partial charge on any atom is 0.223 e. The van der Waals surface area contributed by atoms with Crippen LogP contribution in [0.5, 0.6) is 0 Å². The van der Waals surface area contributed by atoms with Crippen LogP contribution in [0.1, 0.15) is 18.5 Å². The summed E-state index contributed by atoms with van der Waals surface area (Å²) >= 11 is 11.8. The standard InChI is InChI=1S/C12H12Cl2N4/c1-7(8-3-2-4-9(13)5-8)16-11-6-10(14)17-12(15)18-11/h2-7H,1H3,(H3,15,16,17,18). The van der Waals surface area contributed by atoms with E-state index in [1.165, 1.54) is 0 Å². The maximum atomic E-state index is 5.95.